The second-order valence-electron chi connectivity index (χ2n) is 9.00. The molecular weight excluding hydrogens is 348 g/mol. The Balaban J connectivity index is 1.83. The summed E-state index contributed by atoms with van der Waals surface area (Å²) in [7, 11) is 0. The molecule has 0 aromatic heterocycles. The van der Waals surface area contributed by atoms with E-state index in [1.54, 1.807) is 0 Å². The van der Waals surface area contributed by atoms with Gasteiger partial charge in [-0.1, -0.05) is 61.8 Å². The van der Waals surface area contributed by atoms with E-state index >= 15 is 0 Å². The average molecular weight is 391 g/mol. The summed E-state index contributed by atoms with van der Waals surface area (Å²) in [6.07, 6.45) is 19.4. The molecule has 0 bridgehead atoms. The van der Waals surface area contributed by atoms with Crippen molar-refractivity contribution < 1.29 is 14.3 Å². The van der Waals surface area contributed by atoms with Gasteiger partial charge in [0, 0.05) is 6.42 Å². The molecule has 3 heteroatoms. The summed E-state index contributed by atoms with van der Waals surface area (Å²) in [6.45, 7) is 6.44. The van der Waals surface area contributed by atoms with Crippen molar-refractivity contribution in [3.05, 3.63) is 23.3 Å². The van der Waals surface area contributed by atoms with Crippen LogP contribution in [0.1, 0.15) is 111 Å². The minimum absolute atomic E-state index is 0.129. The molecule has 0 aromatic carbocycles. The van der Waals surface area contributed by atoms with E-state index in [9.17, 15) is 4.79 Å². The Hall–Kier alpha value is -0.930. The molecule has 0 aliphatic heterocycles. The Kier molecular flexibility index (Phi) is 11.1. The number of Topliss-reactive ketones (excluding diaryl/α,β-unsaturated/α-hetero) is 1. The maximum absolute atomic E-state index is 12.9. The number of rotatable bonds is 11. The molecule has 0 unspecified atom stereocenters. The zero-order valence-electron chi connectivity index (χ0n) is 18.5. The van der Waals surface area contributed by atoms with Crippen LogP contribution in [0, 0.1) is 0 Å². The lowest BCUT2D eigenvalue weighted by Gasteiger charge is -2.31. The molecule has 160 valence electrons. The minimum Gasteiger partial charge on any atom is -0.343 e. The zero-order chi connectivity index (χ0) is 20.2. The van der Waals surface area contributed by atoms with Crippen LogP contribution in [0.5, 0.6) is 0 Å². The number of ketones is 1. The van der Waals surface area contributed by atoms with E-state index in [2.05, 4.69) is 32.9 Å². The lowest BCUT2D eigenvalue weighted by atomic mass is 9.97. The smallest absolute Gasteiger partial charge is 0.218 e. The van der Waals surface area contributed by atoms with Crippen LogP contribution in [0.4, 0.5) is 0 Å². The fraction of sp³-hybridized carbons (Fsp3) is 0.800. The van der Waals surface area contributed by atoms with Crippen molar-refractivity contribution in [2.45, 2.75) is 129 Å². The second kappa shape index (κ2) is 13.3. The molecule has 28 heavy (non-hydrogen) atoms. The molecule has 0 atom stereocenters. The minimum atomic E-state index is -0.648. The van der Waals surface area contributed by atoms with Crippen LogP contribution < -0.4 is 0 Å². The Morgan fingerprint density at radius 3 is 1.79 bits per heavy atom. The van der Waals surface area contributed by atoms with Crippen LogP contribution in [-0.4, -0.2) is 24.3 Å². The summed E-state index contributed by atoms with van der Waals surface area (Å²) in [5.74, 6) is 0.129. The number of allylic oxidation sites excluding steroid dienone is 4. The Morgan fingerprint density at radius 1 is 0.786 bits per heavy atom. The SMILES string of the molecule is CC(C)=CCC/C(C)=C/CCC(=O)C(OC1CCCCC1)OC1CCCCC1. The molecule has 2 fully saturated rings. The third-order valence-corrected chi connectivity index (χ3v) is 5.97. The van der Waals surface area contributed by atoms with Gasteiger partial charge in [-0.3, -0.25) is 4.79 Å². The maximum atomic E-state index is 12.9. The van der Waals surface area contributed by atoms with Crippen LogP contribution in [0.15, 0.2) is 23.3 Å². The fourth-order valence-electron chi connectivity index (χ4n) is 4.21. The van der Waals surface area contributed by atoms with Gasteiger partial charge < -0.3 is 9.47 Å². The Bertz CT molecular complexity index is 484. The van der Waals surface area contributed by atoms with E-state index in [0.717, 1.165) is 44.9 Å². The number of ether oxygens (including phenoxy) is 2. The predicted octanol–water partition coefficient (Wildman–Crippen LogP) is 7.05. The van der Waals surface area contributed by atoms with Crippen molar-refractivity contribution in [2.75, 3.05) is 0 Å². The predicted molar refractivity (Wildman–Crippen MR) is 116 cm³/mol. The summed E-state index contributed by atoms with van der Waals surface area (Å²) >= 11 is 0. The van der Waals surface area contributed by atoms with Gasteiger partial charge in [-0.2, -0.15) is 0 Å². The van der Waals surface area contributed by atoms with Gasteiger partial charge in [0.1, 0.15) is 0 Å². The monoisotopic (exact) mass is 390 g/mol. The standard InChI is InChI=1S/C25H42O3/c1-20(2)12-10-13-21(3)14-11-19-24(26)25(27-22-15-6-4-7-16-22)28-23-17-8-5-9-18-23/h12,14,22-23,25H,4-11,13,15-19H2,1-3H3/b21-14+. The van der Waals surface area contributed by atoms with Crippen LogP contribution >= 0.6 is 0 Å². The normalized spacial score (nSPS) is 19.8. The Labute approximate surface area is 172 Å². The quantitative estimate of drug-likeness (QED) is 0.280. The molecule has 0 radical (unpaired) electrons. The summed E-state index contributed by atoms with van der Waals surface area (Å²) in [5.41, 5.74) is 2.73. The van der Waals surface area contributed by atoms with Crippen molar-refractivity contribution in [2.24, 2.45) is 0 Å². The molecule has 0 saturated heterocycles. The van der Waals surface area contributed by atoms with E-state index in [0.29, 0.717) is 6.42 Å². The summed E-state index contributed by atoms with van der Waals surface area (Å²) in [5, 5.41) is 0. The van der Waals surface area contributed by atoms with E-state index in [4.69, 9.17) is 9.47 Å². The van der Waals surface area contributed by atoms with Crippen molar-refractivity contribution in [1.82, 2.24) is 0 Å². The molecule has 2 rings (SSSR count). The van der Waals surface area contributed by atoms with Gasteiger partial charge in [0.25, 0.3) is 0 Å². The van der Waals surface area contributed by atoms with Crippen LogP contribution in [0.3, 0.4) is 0 Å². The third-order valence-electron chi connectivity index (χ3n) is 5.97. The first kappa shape index (κ1) is 23.3. The number of hydrogen-bond acceptors (Lipinski definition) is 3. The first-order valence-electron chi connectivity index (χ1n) is 11.7. The second-order valence-corrected chi connectivity index (χ2v) is 9.00. The van der Waals surface area contributed by atoms with E-state index < -0.39 is 6.29 Å². The van der Waals surface area contributed by atoms with Gasteiger partial charge in [-0.05, 0) is 65.7 Å². The maximum Gasteiger partial charge on any atom is 0.218 e. The molecule has 0 aromatic rings. The summed E-state index contributed by atoms with van der Waals surface area (Å²) in [6, 6.07) is 0. The summed E-state index contributed by atoms with van der Waals surface area (Å²) < 4.78 is 12.4. The van der Waals surface area contributed by atoms with Crippen molar-refractivity contribution in [1.29, 1.82) is 0 Å². The molecule has 0 amide bonds. The highest BCUT2D eigenvalue weighted by molar-refractivity contribution is 5.82. The van der Waals surface area contributed by atoms with Gasteiger partial charge in [-0.15, -0.1) is 0 Å². The van der Waals surface area contributed by atoms with Crippen molar-refractivity contribution in [3.63, 3.8) is 0 Å². The molecule has 0 heterocycles. The van der Waals surface area contributed by atoms with Gasteiger partial charge in [0.15, 0.2) is 5.78 Å². The van der Waals surface area contributed by atoms with Crippen LogP contribution in [-0.2, 0) is 14.3 Å². The van der Waals surface area contributed by atoms with E-state index in [1.807, 2.05) is 0 Å². The highest BCUT2D eigenvalue weighted by Gasteiger charge is 2.28. The first-order chi connectivity index (χ1) is 13.5. The zero-order valence-corrected chi connectivity index (χ0v) is 18.5. The number of carbonyl (C=O) groups is 1. The van der Waals surface area contributed by atoms with Gasteiger partial charge >= 0.3 is 0 Å². The fourth-order valence-corrected chi connectivity index (χ4v) is 4.21. The van der Waals surface area contributed by atoms with Crippen LogP contribution in [0.25, 0.3) is 0 Å². The first-order valence-corrected chi connectivity index (χ1v) is 11.7. The lowest BCUT2D eigenvalue weighted by molar-refractivity contribution is -0.205. The Morgan fingerprint density at radius 2 is 1.29 bits per heavy atom. The van der Waals surface area contributed by atoms with Crippen molar-refractivity contribution >= 4 is 5.78 Å². The number of carbonyl (C=O) groups excluding carboxylic acids is 1. The van der Waals surface area contributed by atoms with Crippen LogP contribution in [0.2, 0.25) is 0 Å². The highest BCUT2D eigenvalue weighted by atomic mass is 16.7. The molecule has 0 N–H and O–H groups in total. The molecule has 2 aliphatic rings. The van der Waals surface area contributed by atoms with E-state index in [-0.39, 0.29) is 18.0 Å². The molecule has 2 saturated carbocycles. The van der Waals surface area contributed by atoms with Gasteiger partial charge in [0.2, 0.25) is 6.29 Å². The van der Waals surface area contributed by atoms with Crippen molar-refractivity contribution in [3.8, 4) is 0 Å². The highest BCUT2D eigenvalue weighted by Crippen LogP contribution is 2.26. The molecule has 0 spiro atoms. The third kappa shape index (κ3) is 9.52. The van der Waals surface area contributed by atoms with E-state index in [1.165, 1.54) is 49.7 Å². The number of hydrogen-bond donors (Lipinski definition) is 0. The van der Waals surface area contributed by atoms with Gasteiger partial charge in [0.05, 0.1) is 12.2 Å². The lowest BCUT2D eigenvalue weighted by Crippen LogP contribution is -2.36. The van der Waals surface area contributed by atoms with Gasteiger partial charge in [-0.25, -0.2) is 0 Å². The topological polar surface area (TPSA) is 35.5 Å². The molecule has 2 aliphatic carbocycles. The summed E-state index contributed by atoms with van der Waals surface area (Å²) in [4.78, 5) is 12.9. The molecule has 3 nitrogen and oxygen atoms in total. The average Bonchev–Trinajstić information content (AvgIpc) is 2.68. The molecular formula is C25H42O3. The largest absolute Gasteiger partial charge is 0.343 e.